The summed E-state index contributed by atoms with van der Waals surface area (Å²) in [5.74, 6) is -0.448. The van der Waals surface area contributed by atoms with E-state index >= 15 is 0 Å². The molecule has 3 aromatic rings. The number of amides is 2. The van der Waals surface area contributed by atoms with Crippen molar-refractivity contribution in [1.82, 2.24) is 9.80 Å². The summed E-state index contributed by atoms with van der Waals surface area (Å²) in [4.78, 5) is 31.4. The highest BCUT2D eigenvalue weighted by Gasteiger charge is 2.75. The van der Waals surface area contributed by atoms with Gasteiger partial charge in [0.25, 0.3) is 21.8 Å². The van der Waals surface area contributed by atoms with Gasteiger partial charge in [0.05, 0.1) is 16.0 Å². The highest BCUT2D eigenvalue weighted by Crippen LogP contribution is 2.68. The van der Waals surface area contributed by atoms with E-state index in [2.05, 4.69) is 18.2 Å². The zero-order valence-electron chi connectivity index (χ0n) is 23.7. The number of carbonyl (C=O) groups excluding carboxylic acids is 2. The summed E-state index contributed by atoms with van der Waals surface area (Å²) in [7, 11) is 3.02. The van der Waals surface area contributed by atoms with Gasteiger partial charge < -0.3 is 4.90 Å². The maximum atomic E-state index is 14.8. The van der Waals surface area contributed by atoms with E-state index in [9.17, 15) is 18.0 Å². The number of hydrogen-bond donors (Lipinski definition) is 0. The first-order valence-corrected chi connectivity index (χ1v) is 20.4. The van der Waals surface area contributed by atoms with Crippen molar-refractivity contribution in [2.24, 2.45) is 0 Å². The standard InChI is InChI=1S/C31H29N3O4S5.14CH4/c1-32-27(41-39-2)26(35)33-28-30(19-31(33,29(32)36)42-40-3,23-18-17-20-11-7-8-14-22(20)23)24-15-9-10-16-25(24)34(28)43(37,38)21-12-5-4-6-13-21;;;;;;;;;;;;;;/h4-16,18,27-28H,17,19H2,1-3H3;14*1H4/t27-,28-,30-,31-;;;;;;;;;;;;;;/m0............../s1. The molecule has 2 amide bonds. The lowest BCUT2D eigenvalue weighted by Gasteiger charge is -2.49. The largest absolute Gasteiger partial charge is 0.322 e. The normalized spacial score (nSPS) is 20.8. The van der Waals surface area contributed by atoms with Crippen molar-refractivity contribution in [3.8, 4) is 0 Å². The average Bonchev–Trinajstić information content (AvgIpc) is 3.66. The molecule has 12 heteroatoms. The highest BCUT2D eigenvalue weighted by molar-refractivity contribution is 8.77. The number of benzene rings is 3. The molecule has 0 unspecified atom stereocenters. The molecule has 4 atom stereocenters. The first-order valence-electron chi connectivity index (χ1n) is 13.7. The van der Waals surface area contributed by atoms with Crippen LogP contribution in [0.4, 0.5) is 5.69 Å². The molecule has 0 aromatic heterocycles. The molecule has 4 aliphatic rings. The van der Waals surface area contributed by atoms with E-state index in [-0.39, 0.29) is 127 Å². The Morgan fingerprint density at radius 2 is 1.21 bits per heavy atom. The molecule has 1 aliphatic carbocycles. The summed E-state index contributed by atoms with van der Waals surface area (Å²) in [5.41, 5.74) is 3.52. The monoisotopic (exact) mass is 892 g/mol. The van der Waals surface area contributed by atoms with Crippen LogP contribution in [-0.4, -0.2) is 66.0 Å². The second-order valence-corrected chi connectivity index (χ2v) is 17.9. The average molecular weight is 893 g/mol. The van der Waals surface area contributed by atoms with Crippen LogP contribution < -0.4 is 4.31 Å². The number of rotatable bonds is 7. The van der Waals surface area contributed by atoms with Gasteiger partial charge in [-0.05, 0) is 59.4 Å². The number of allylic oxidation sites excluding steroid dienone is 1. The fourth-order valence-electron chi connectivity index (χ4n) is 7.32. The van der Waals surface area contributed by atoms with E-state index < -0.39 is 31.8 Å². The van der Waals surface area contributed by atoms with Crippen LogP contribution in [0, 0.1) is 0 Å². The molecule has 7 rings (SSSR count). The summed E-state index contributed by atoms with van der Waals surface area (Å²) >= 11 is 0. The number of piperazine rings is 1. The molecule has 0 spiro atoms. The van der Waals surface area contributed by atoms with Gasteiger partial charge in [0, 0.05) is 13.5 Å². The van der Waals surface area contributed by atoms with Crippen LogP contribution in [0.2, 0.25) is 0 Å². The molecule has 3 aromatic carbocycles. The predicted molar refractivity (Wildman–Crippen MR) is 273 cm³/mol. The molecule has 2 saturated heterocycles. The third-order valence-electron chi connectivity index (χ3n) is 8.91. The van der Waals surface area contributed by atoms with Crippen molar-refractivity contribution in [3.63, 3.8) is 0 Å². The molecule has 0 saturated carbocycles. The Bertz CT molecular complexity index is 1790. The van der Waals surface area contributed by atoms with E-state index in [1.54, 1.807) is 47.2 Å². The van der Waals surface area contributed by atoms with Crippen LogP contribution in [0.5, 0.6) is 0 Å². The van der Waals surface area contributed by atoms with Gasteiger partial charge in [-0.25, -0.2) is 12.7 Å². The Balaban J connectivity index is -0.000000286. The molecular weight excluding hydrogens is 807 g/mol. The summed E-state index contributed by atoms with van der Waals surface area (Å²) in [6.07, 6.45) is 5.91. The minimum Gasteiger partial charge on any atom is -0.322 e. The molecular formula is C45H85N3O4S5. The van der Waals surface area contributed by atoms with Crippen molar-refractivity contribution in [2.75, 3.05) is 23.9 Å². The van der Waals surface area contributed by atoms with E-state index in [0.717, 1.165) is 22.3 Å². The minimum absolute atomic E-state index is 0. The lowest BCUT2D eigenvalue weighted by Crippen LogP contribution is -2.69. The second kappa shape index (κ2) is 26.6. The third kappa shape index (κ3) is 9.93. The number of hydrogen-bond acceptors (Lipinski definition) is 8. The third-order valence-corrected chi connectivity index (χ3v) is 15.0. The Kier molecular flexibility index (Phi) is 33.6. The number of anilines is 1. The van der Waals surface area contributed by atoms with Crippen molar-refractivity contribution < 1.29 is 18.0 Å². The first kappa shape index (κ1) is 72.1. The summed E-state index contributed by atoms with van der Waals surface area (Å²) in [6.45, 7) is 0. The number of para-hydroxylation sites is 1. The maximum absolute atomic E-state index is 14.8. The van der Waals surface area contributed by atoms with Crippen molar-refractivity contribution in [2.45, 2.75) is 144 Å². The van der Waals surface area contributed by atoms with Crippen molar-refractivity contribution in [3.05, 3.63) is 102 Å². The highest BCUT2D eigenvalue weighted by atomic mass is 33.1. The SMILES string of the molecule is C.C.C.C.C.C.C.C.C.C.C.C.C.C.CSS[C@H]1C(=O)N2[C@H]3N(S(=O)(=O)c4ccccc4)c4ccccc4[C@@]3(C3=CCc4ccccc43)C[C@]2(SSC)C(=O)N1C. The lowest BCUT2D eigenvalue weighted by molar-refractivity contribution is -0.157. The fourth-order valence-corrected chi connectivity index (χ4v) is 13.3. The van der Waals surface area contributed by atoms with Crippen LogP contribution in [0.25, 0.3) is 5.57 Å². The molecule has 0 radical (unpaired) electrons. The van der Waals surface area contributed by atoms with E-state index in [0.29, 0.717) is 12.1 Å². The summed E-state index contributed by atoms with van der Waals surface area (Å²) < 4.78 is 31.0. The van der Waals surface area contributed by atoms with Gasteiger partial charge in [-0.1, -0.05) is 214 Å². The number of fused-ring (bicyclic) bond motifs is 6. The lowest BCUT2D eigenvalue weighted by atomic mass is 9.70. The number of carbonyl (C=O) groups is 2. The zero-order valence-corrected chi connectivity index (χ0v) is 27.8. The van der Waals surface area contributed by atoms with Crippen LogP contribution >= 0.6 is 43.2 Å². The topological polar surface area (TPSA) is 78.0 Å². The second-order valence-electron chi connectivity index (χ2n) is 10.9. The molecule has 2 fully saturated rings. The number of sulfonamides is 1. The Labute approximate surface area is 370 Å². The quantitative estimate of drug-likeness (QED) is 0.217. The van der Waals surface area contributed by atoms with Gasteiger partial charge in [0.2, 0.25) is 0 Å². The molecule has 334 valence electrons. The van der Waals surface area contributed by atoms with Crippen LogP contribution in [-0.2, 0) is 31.4 Å². The van der Waals surface area contributed by atoms with Crippen molar-refractivity contribution in [1.29, 1.82) is 0 Å². The smallest absolute Gasteiger partial charge is 0.266 e. The Hall–Kier alpha value is -2.51. The van der Waals surface area contributed by atoms with Gasteiger partial charge >= 0.3 is 0 Å². The van der Waals surface area contributed by atoms with Crippen LogP contribution in [0.3, 0.4) is 0 Å². The maximum Gasteiger partial charge on any atom is 0.266 e. The van der Waals surface area contributed by atoms with E-state index in [4.69, 9.17) is 0 Å². The van der Waals surface area contributed by atoms with Gasteiger partial charge in [-0.2, -0.15) is 0 Å². The van der Waals surface area contributed by atoms with E-state index in [1.165, 1.54) is 47.5 Å². The minimum atomic E-state index is -4.17. The molecule has 3 heterocycles. The van der Waals surface area contributed by atoms with Gasteiger partial charge in [0.15, 0.2) is 10.2 Å². The molecule has 3 aliphatic heterocycles. The predicted octanol–water partition coefficient (Wildman–Crippen LogP) is 14.8. The zero-order chi connectivity index (χ0) is 30.1. The fraction of sp³-hybridized carbons (Fsp3) is 0.511. The first-order chi connectivity index (χ1) is 20.7. The van der Waals surface area contributed by atoms with Gasteiger partial charge in [-0.15, -0.1) is 0 Å². The van der Waals surface area contributed by atoms with Crippen molar-refractivity contribution >= 4 is 76.3 Å². The molecule has 57 heavy (non-hydrogen) atoms. The Morgan fingerprint density at radius 1 is 0.684 bits per heavy atom. The van der Waals surface area contributed by atoms with Gasteiger partial charge in [0.1, 0.15) is 6.17 Å². The molecule has 7 nitrogen and oxygen atoms in total. The number of nitrogens with zero attached hydrogens (tertiary/aromatic N) is 3. The summed E-state index contributed by atoms with van der Waals surface area (Å²) in [6, 6.07) is 24.1. The van der Waals surface area contributed by atoms with E-state index in [1.807, 2.05) is 48.9 Å². The van der Waals surface area contributed by atoms with Crippen LogP contribution in [0.15, 0.2) is 89.8 Å². The Morgan fingerprint density at radius 3 is 1.77 bits per heavy atom. The van der Waals surface area contributed by atoms with Crippen LogP contribution in [0.1, 0.15) is 127 Å². The summed E-state index contributed by atoms with van der Waals surface area (Å²) in [5, 5.41) is -0.788. The van der Waals surface area contributed by atoms with Gasteiger partial charge in [-0.3, -0.25) is 14.5 Å². The molecule has 0 bridgehead atoms. The number of likely N-dealkylation sites (N-methyl/N-ethyl adjacent to an activating group) is 1. The molecule has 0 N–H and O–H groups in total.